The van der Waals surface area contributed by atoms with Crippen molar-refractivity contribution < 1.29 is 27.6 Å². The molecule has 1 heterocycles. The second kappa shape index (κ2) is 6.64. The molecule has 1 aromatic rings. The number of aryl methyl sites for hydroxylation is 1. The third-order valence-electron chi connectivity index (χ3n) is 3.74. The molecular formula is C14H19NO6S. The van der Waals surface area contributed by atoms with Crippen molar-refractivity contribution in [3.8, 4) is 0 Å². The molecule has 8 heteroatoms. The molecule has 0 bridgehead atoms. The molecule has 0 aromatic heterocycles. The number of rotatable bonds is 4. The SMILES string of the molecule is Cc1ccc(S(=O)(=O)OCC2CCN(C(=O)O)CC2O)cc1. The molecule has 0 radical (unpaired) electrons. The Hall–Kier alpha value is -1.64. The fraction of sp³-hybridized carbons (Fsp3) is 0.500. The van der Waals surface area contributed by atoms with E-state index < -0.39 is 28.2 Å². The summed E-state index contributed by atoms with van der Waals surface area (Å²) in [5.74, 6) is -0.407. The van der Waals surface area contributed by atoms with Crippen LogP contribution in [-0.2, 0) is 14.3 Å². The van der Waals surface area contributed by atoms with Crippen LogP contribution >= 0.6 is 0 Å². The first-order valence-electron chi connectivity index (χ1n) is 6.91. The standard InChI is InChI=1S/C14H19NO6S/c1-10-2-4-12(5-3-10)22(19,20)21-9-11-6-7-15(14(17)18)8-13(11)16/h2-5,11,13,16H,6-9H2,1H3,(H,17,18). The van der Waals surface area contributed by atoms with Gasteiger partial charge in [-0.15, -0.1) is 0 Å². The Morgan fingerprint density at radius 2 is 2.00 bits per heavy atom. The third-order valence-corrected chi connectivity index (χ3v) is 5.03. The lowest BCUT2D eigenvalue weighted by Crippen LogP contribution is -2.47. The van der Waals surface area contributed by atoms with E-state index in [0.29, 0.717) is 6.42 Å². The maximum atomic E-state index is 12.1. The largest absolute Gasteiger partial charge is 0.465 e. The zero-order valence-electron chi connectivity index (χ0n) is 12.2. The summed E-state index contributed by atoms with van der Waals surface area (Å²) in [5, 5.41) is 18.8. The van der Waals surface area contributed by atoms with Gasteiger partial charge in [-0.1, -0.05) is 17.7 Å². The highest BCUT2D eigenvalue weighted by atomic mass is 32.2. The first-order valence-corrected chi connectivity index (χ1v) is 8.32. The summed E-state index contributed by atoms with van der Waals surface area (Å²) in [4.78, 5) is 12.0. The predicted molar refractivity (Wildman–Crippen MR) is 78.0 cm³/mol. The number of hydrogen-bond acceptors (Lipinski definition) is 5. The van der Waals surface area contributed by atoms with Crippen LogP contribution < -0.4 is 0 Å². The smallest absolute Gasteiger partial charge is 0.407 e. The average molecular weight is 329 g/mol. The number of benzene rings is 1. The molecule has 1 saturated heterocycles. The maximum Gasteiger partial charge on any atom is 0.407 e. The summed E-state index contributed by atoms with van der Waals surface area (Å²) < 4.78 is 29.1. The van der Waals surface area contributed by atoms with Gasteiger partial charge in [0.25, 0.3) is 10.1 Å². The van der Waals surface area contributed by atoms with Crippen LogP contribution in [-0.4, -0.2) is 55.4 Å². The predicted octanol–water partition coefficient (Wildman–Crippen LogP) is 1.06. The third kappa shape index (κ3) is 3.96. The Kier molecular flexibility index (Phi) is 5.05. The van der Waals surface area contributed by atoms with Crippen LogP contribution in [0.25, 0.3) is 0 Å². The summed E-state index contributed by atoms with van der Waals surface area (Å²) in [5.41, 5.74) is 0.940. The Balaban J connectivity index is 1.95. The molecular weight excluding hydrogens is 310 g/mol. The van der Waals surface area contributed by atoms with Crippen molar-refractivity contribution in [2.24, 2.45) is 5.92 Å². The van der Waals surface area contributed by atoms with Crippen molar-refractivity contribution in [1.82, 2.24) is 4.90 Å². The molecule has 2 rings (SSSR count). The zero-order valence-corrected chi connectivity index (χ0v) is 13.0. The highest BCUT2D eigenvalue weighted by Gasteiger charge is 2.31. The molecule has 2 unspecified atom stereocenters. The van der Waals surface area contributed by atoms with Crippen LogP contribution in [0.15, 0.2) is 29.2 Å². The molecule has 2 atom stereocenters. The monoisotopic (exact) mass is 329 g/mol. The van der Waals surface area contributed by atoms with Gasteiger partial charge in [0.05, 0.1) is 24.2 Å². The van der Waals surface area contributed by atoms with Gasteiger partial charge in [0.2, 0.25) is 0 Å². The van der Waals surface area contributed by atoms with E-state index in [9.17, 15) is 18.3 Å². The van der Waals surface area contributed by atoms with Gasteiger partial charge in [-0.2, -0.15) is 8.42 Å². The lowest BCUT2D eigenvalue weighted by atomic mass is 9.95. The second-order valence-corrected chi connectivity index (χ2v) is 7.01. The van der Waals surface area contributed by atoms with Crippen LogP contribution in [0, 0.1) is 12.8 Å². The molecule has 1 amide bonds. The number of likely N-dealkylation sites (tertiary alicyclic amines) is 1. The molecule has 1 aliphatic heterocycles. The summed E-state index contributed by atoms with van der Waals surface area (Å²) >= 11 is 0. The molecule has 0 aliphatic carbocycles. The summed E-state index contributed by atoms with van der Waals surface area (Å²) in [6, 6.07) is 6.29. The lowest BCUT2D eigenvalue weighted by Gasteiger charge is -2.33. The van der Waals surface area contributed by atoms with E-state index in [-0.39, 0.29) is 24.6 Å². The Labute approximate surface area is 129 Å². The highest BCUT2D eigenvalue weighted by Crippen LogP contribution is 2.21. The lowest BCUT2D eigenvalue weighted by molar-refractivity contribution is 0.00784. The zero-order chi connectivity index (χ0) is 16.3. The Morgan fingerprint density at radius 1 is 1.36 bits per heavy atom. The van der Waals surface area contributed by atoms with Gasteiger partial charge in [-0.3, -0.25) is 4.18 Å². The van der Waals surface area contributed by atoms with Gasteiger partial charge >= 0.3 is 6.09 Å². The van der Waals surface area contributed by atoms with E-state index in [1.54, 1.807) is 12.1 Å². The first kappa shape index (κ1) is 16.7. The van der Waals surface area contributed by atoms with Crippen molar-refractivity contribution >= 4 is 16.2 Å². The minimum Gasteiger partial charge on any atom is -0.465 e. The summed E-state index contributed by atoms with van der Waals surface area (Å²) in [6.07, 6.45) is -1.67. The van der Waals surface area contributed by atoms with Crippen molar-refractivity contribution in [3.05, 3.63) is 29.8 Å². The number of nitrogens with zero attached hydrogens (tertiary/aromatic N) is 1. The van der Waals surface area contributed by atoms with Crippen molar-refractivity contribution in [3.63, 3.8) is 0 Å². The molecule has 1 fully saturated rings. The van der Waals surface area contributed by atoms with Crippen LogP contribution in [0.2, 0.25) is 0 Å². The number of aliphatic hydroxyl groups excluding tert-OH is 1. The highest BCUT2D eigenvalue weighted by molar-refractivity contribution is 7.86. The molecule has 22 heavy (non-hydrogen) atoms. The van der Waals surface area contributed by atoms with Crippen molar-refractivity contribution in [2.45, 2.75) is 24.3 Å². The summed E-state index contributed by atoms with van der Waals surface area (Å²) in [6.45, 7) is 1.91. The minimum absolute atomic E-state index is 0.0338. The van der Waals surface area contributed by atoms with Crippen LogP contribution in [0.1, 0.15) is 12.0 Å². The van der Waals surface area contributed by atoms with Crippen LogP contribution in [0.5, 0.6) is 0 Å². The second-order valence-electron chi connectivity index (χ2n) is 5.40. The van der Waals surface area contributed by atoms with E-state index in [1.165, 1.54) is 12.1 Å². The number of hydrogen-bond donors (Lipinski definition) is 2. The molecule has 1 aromatic carbocycles. The first-order chi connectivity index (χ1) is 10.3. The Bertz CT molecular complexity index is 627. The molecule has 0 saturated carbocycles. The Morgan fingerprint density at radius 3 is 2.55 bits per heavy atom. The normalized spacial score (nSPS) is 22.5. The van der Waals surface area contributed by atoms with Crippen molar-refractivity contribution in [1.29, 1.82) is 0 Å². The van der Waals surface area contributed by atoms with Crippen LogP contribution in [0.4, 0.5) is 4.79 Å². The molecule has 7 nitrogen and oxygen atoms in total. The molecule has 2 N–H and O–H groups in total. The van der Waals surface area contributed by atoms with Gasteiger partial charge in [0, 0.05) is 12.5 Å². The van der Waals surface area contributed by atoms with E-state index in [4.69, 9.17) is 9.29 Å². The number of carboxylic acid groups (broad SMARTS) is 1. The minimum atomic E-state index is -3.87. The van der Waals surface area contributed by atoms with E-state index in [0.717, 1.165) is 10.5 Å². The number of amides is 1. The topological polar surface area (TPSA) is 104 Å². The van der Waals surface area contributed by atoms with Gasteiger partial charge in [0.15, 0.2) is 0 Å². The van der Waals surface area contributed by atoms with Crippen molar-refractivity contribution in [2.75, 3.05) is 19.7 Å². The average Bonchev–Trinajstić information content (AvgIpc) is 2.46. The number of piperidine rings is 1. The van der Waals surface area contributed by atoms with Gasteiger partial charge in [0.1, 0.15) is 0 Å². The van der Waals surface area contributed by atoms with Gasteiger partial charge < -0.3 is 15.1 Å². The van der Waals surface area contributed by atoms with Crippen LogP contribution in [0.3, 0.4) is 0 Å². The fourth-order valence-corrected chi connectivity index (χ4v) is 3.26. The van der Waals surface area contributed by atoms with Gasteiger partial charge in [-0.25, -0.2) is 4.79 Å². The van der Waals surface area contributed by atoms with E-state index in [2.05, 4.69) is 0 Å². The fourth-order valence-electron chi connectivity index (χ4n) is 2.30. The maximum absolute atomic E-state index is 12.1. The number of carbonyl (C=O) groups is 1. The number of aliphatic hydroxyl groups is 1. The molecule has 0 spiro atoms. The van der Waals surface area contributed by atoms with E-state index >= 15 is 0 Å². The number of β-amino-alcohol motifs (C(OH)–C–C–N with tert-alkyl or cyclic N) is 1. The van der Waals surface area contributed by atoms with Gasteiger partial charge in [-0.05, 0) is 25.5 Å². The summed E-state index contributed by atoms with van der Waals surface area (Å²) in [7, 11) is -3.87. The molecule has 1 aliphatic rings. The quantitative estimate of drug-likeness (QED) is 0.801. The molecule has 122 valence electrons. The van der Waals surface area contributed by atoms with E-state index in [1.807, 2.05) is 6.92 Å².